The van der Waals surface area contributed by atoms with Gasteiger partial charge in [0.1, 0.15) is 17.2 Å². The fourth-order valence-corrected chi connectivity index (χ4v) is 3.80. The molecule has 4 rings (SSSR count). The number of fused-ring (bicyclic) bond motifs is 1. The number of carbonyl (C=O) groups excluding carboxylic acids is 1. The Hall–Kier alpha value is -3.03. The molecule has 0 radical (unpaired) electrons. The van der Waals surface area contributed by atoms with Crippen LogP contribution in [0.3, 0.4) is 0 Å². The molecule has 0 fully saturated rings. The molecule has 29 heavy (non-hydrogen) atoms. The molecule has 0 atom stereocenters. The Kier molecular flexibility index (Phi) is 4.94. The molecular formula is C20H16Cl2N4O3. The maximum Gasteiger partial charge on any atom is 0.277 e. The molecule has 7 nitrogen and oxygen atoms in total. The van der Waals surface area contributed by atoms with E-state index in [0.717, 1.165) is 0 Å². The molecule has 2 heterocycles. The average molecular weight is 431 g/mol. The number of methoxy groups -OCH3 is 2. The minimum atomic E-state index is -0.266. The molecule has 0 spiro atoms. The first-order valence-electron chi connectivity index (χ1n) is 8.58. The predicted molar refractivity (Wildman–Crippen MR) is 112 cm³/mol. The van der Waals surface area contributed by atoms with Gasteiger partial charge in [-0.1, -0.05) is 23.2 Å². The standard InChI is InChI=1S/C20H16Cl2N4O3/c1-28-11-5-3-10(4-6-11)26-9-13-17(24-20(23)25-18(13)19(26)27)12-7-16(29-2)15(22)8-14(12)21/h3-8H,9H2,1-2H3,(H2,23,24,25). The molecule has 2 aromatic carbocycles. The lowest BCUT2D eigenvalue weighted by atomic mass is 10.1. The molecule has 1 aromatic heterocycles. The topological polar surface area (TPSA) is 90.6 Å². The van der Waals surface area contributed by atoms with Crippen LogP contribution in [0, 0.1) is 0 Å². The van der Waals surface area contributed by atoms with Crippen LogP contribution in [-0.2, 0) is 6.54 Å². The highest BCUT2D eigenvalue weighted by Crippen LogP contribution is 2.40. The van der Waals surface area contributed by atoms with Crippen LogP contribution in [0.5, 0.6) is 11.5 Å². The normalized spacial score (nSPS) is 12.8. The Morgan fingerprint density at radius 2 is 1.69 bits per heavy atom. The zero-order valence-corrected chi connectivity index (χ0v) is 17.1. The zero-order chi connectivity index (χ0) is 20.7. The summed E-state index contributed by atoms with van der Waals surface area (Å²) in [5.74, 6) is 0.849. The molecule has 1 aliphatic rings. The van der Waals surface area contributed by atoms with Crippen LogP contribution in [-0.4, -0.2) is 30.1 Å². The molecule has 3 aromatic rings. The van der Waals surface area contributed by atoms with Crippen LogP contribution in [0.1, 0.15) is 16.1 Å². The van der Waals surface area contributed by atoms with Crippen molar-refractivity contribution in [2.24, 2.45) is 0 Å². The lowest BCUT2D eigenvalue weighted by molar-refractivity contribution is 0.0992. The van der Waals surface area contributed by atoms with Crippen molar-refractivity contribution in [1.82, 2.24) is 9.97 Å². The fourth-order valence-electron chi connectivity index (χ4n) is 3.25. The molecule has 0 unspecified atom stereocenters. The Bertz CT molecular complexity index is 1120. The van der Waals surface area contributed by atoms with E-state index >= 15 is 0 Å². The number of nitrogen functional groups attached to an aromatic ring is 1. The third kappa shape index (κ3) is 3.32. The summed E-state index contributed by atoms with van der Waals surface area (Å²) in [5, 5.41) is 0.738. The van der Waals surface area contributed by atoms with E-state index in [-0.39, 0.29) is 24.1 Å². The molecule has 0 saturated heterocycles. The second-order valence-corrected chi connectivity index (χ2v) is 7.13. The Balaban J connectivity index is 1.82. The highest BCUT2D eigenvalue weighted by molar-refractivity contribution is 6.37. The number of halogens is 2. The number of aromatic nitrogens is 2. The van der Waals surface area contributed by atoms with Crippen molar-refractivity contribution < 1.29 is 14.3 Å². The molecule has 9 heteroatoms. The Morgan fingerprint density at radius 1 is 1.00 bits per heavy atom. The number of carbonyl (C=O) groups is 1. The lowest BCUT2D eigenvalue weighted by Crippen LogP contribution is -2.23. The van der Waals surface area contributed by atoms with Gasteiger partial charge in [-0.15, -0.1) is 0 Å². The van der Waals surface area contributed by atoms with Crippen molar-refractivity contribution in [1.29, 1.82) is 0 Å². The van der Waals surface area contributed by atoms with E-state index in [1.165, 1.54) is 7.11 Å². The van der Waals surface area contributed by atoms with E-state index in [0.29, 0.717) is 44.1 Å². The SMILES string of the molecule is COc1ccc(N2Cc3c(nc(N)nc3-c3cc(OC)c(Cl)cc3Cl)C2=O)cc1. The molecule has 148 valence electrons. The molecule has 0 saturated carbocycles. The number of hydrogen-bond acceptors (Lipinski definition) is 6. The molecular weight excluding hydrogens is 415 g/mol. The number of amides is 1. The van der Waals surface area contributed by atoms with Crippen molar-refractivity contribution >= 4 is 40.7 Å². The van der Waals surface area contributed by atoms with Gasteiger partial charge >= 0.3 is 0 Å². The van der Waals surface area contributed by atoms with Crippen LogP contribution in [0.25, 0.3) is 11.3 Å². The fraction of sp³-hybridized carbons (Fsp3) is 0.150. The predicted octanol–water partition coefficient (Wildman–Crippen LogP) is 4.21. The summed E-state index contributed by atoms with van der Waals surface area (Å²) in [6.07, 6.45) is 0. The summed E-state index contributed by atoms with van der Waals surface area (Å²) in [5.41, 5.74) is 8.50. The van der Waals surface area contributed by atoms with Gasteiger partial charge in [0.05, 0.1) is 36.5 Å². The smallest absolute Gasteiger partial charge is 0.277 e. The minimum absolute atomic E-state index is 0.0198. The summed E-state index contributed by atoms with van der Waals surface area (Å²) < 4.78 is 10.5. The van der Waals surface area contributed by atoms with Gasteiger partial charge in [-0.05, 0) is 36.4 Å². The number of hydrogen-bond donors (Lipinski definition) is 1. The molecule has 0 bridgehead atoms. The minimum Gasteiger partial charge on any atom is -0.497 e. The third-order valence-corrected chi connectivity index (χ3v) is 5.28. The Morgan fingerprint density at radius 3 is 2.34 bits per heavy atom. The van der Waals surface area contributed by atoms with Crippen molar-refractivity contribution in [3.63, 3.8) is 0 Å². The second kappa shape index (κ2) is 7.42. The molecule has 1 aliphatic heterocycles. The number of benzene rings is 2. The monoisotopic (exact) mass is 430 g/mol. The summed E-state index contributed by atoms with van der Waals surface area (Å²) in [6, 6.07) is 10.4. The largest absolute Gasteiger partial charge is 0.497 e. The van der Waals surface area contributed by atoms with Gasteiger partial charge in [-0.3, -0.25) is 4.79 Å². The summed E-state index contributed by atoms with van der Waals surface area (Å²) in [6.45, 7) is 0.275. The van der Waals surface area contributed by atoms with Gasteiger partial charge in [0, 0.05) is 16.8 Å². The number of nitrogens with zero attached hydrogens (tertiary/aromatic N) is 3. The number of anilines is 2. The van der Waals surface area contributed by atoms with Crippen molar-refractivity contribution in [3.05, 3.63) is 57.7 Å². The maximum absolute atomic E-state index is 13.0. The number of ether oxygens (including phenoxy) is 2. The van der Waals surface area contributed by atoms with Crippen LogP contribution >= 0.6 is 23.2 Å². The highest BCUT2D eigenvalue weighted by Gasteiger charge is 2.34. The third-order valence-electron chi connectivity index (χ3n) is 4.67. The van der Waals surface area contributed by atoms with Gasteiger partial charge < -0.3 is 20.1 Å². The summed E-state index contributed by atoms with van der Waals surface area (Å²) in [7, 11) is 3.09. The van der Waals surface area contributed by atoms with E-state index in [9.17, 15) is 4.79 Å². The van der Waals surface area contributed by atoms with Gasteiger partial charge in [0.25, 0.3) is 5.91 Å². The first-order chi connectivity index (χ1) is 13.9. The van der Waals surface area contributed by atoms with Gasteiger partial charge in [-0.2, -0.15) is 0 Å². The number of rotatable bonds is 4. The quantitative estimate of drug-likeness (QED) is 0.666. The maximum atomic E-state index is 13.0. The van der Waals surface area contributed by atoms with Gasteiger partial charge in [0.15, 0.2) is 0 Å². The van der Waals surface area contributed by atoms with E-state index in [1.807, 2.05) is 0 Å². The van der Waals surface area contributed by atoms with Crippen LogP contribution < -0.4 is 20.1 Å². The summed E-state index contributed by atoms with van der Waals surface area (Å²) in [4.78, 5) is 23.1. The van der Waals surface area contributed by atoms with E-state index < -0.39 is 0 Å². The molecule has 2 N–H and O–H groups in total. The lowest BCUT2D eigenvalue weighted by Gasteiger charge is -2.16. The first kappa shape index (κ1) is 19.3. The average Bonchev–Trinajstić information content (AvgIpc) is 3.04. The zero-order valence-electron chi connectivity index (χ0n) is 15.6. The van der Waals surface area contributed by atoms with Crippen LogP contribution in [0.4, 0.5) is 11.6 Å². The molecule has 0 aliphatic carbocycles. The summed E-state index contributed by atoms with van der Waals surface area (Å²) >= 11 is 12.6. The van der Waals surface area contributed by atoms with Crippen molar-refractivity contribution in [3.8, 4) is 22.8 Å². The Labute approximate surface area is 177 Å². The van der Waals surface area contributed by atoms with E-state index in [4.69, 9.17) is 38.4 Å². The second-order valence-electron chi connectivity index (χ2n) is 6.31. The van der Waals surface area contributed by atoms with Gasteiger partial charge in [0.2, 0.25) is 5.95 Å². The van der Waals surface area contributed by atoms with Crippen molar-refractivity contribution in [2.75, 3.05) is 24.9 Å². The van der Waals surface area contributed by atoms with Gasteiger partial charge in [-0.25, -0.2) is 9.97 Å². The van der Waals surface area contributed by atoms with Crippen molar-refractivity contribution in [2.45, 2.75) is 6.54 Å². The van der Waals surface area contributed by atoms with Crippen LogP contribution in [0.15, 0.2) is 36.4 Å². The van der Waals surface area contributed by atoms with E-state index in [1.54, 1.807) is 48.4 Å². The highest BCUT2D eigenvalue weighted by atomic mass is 35.5. The van der Waals surface area contributed by atoms with E-state index in [2.05, 4.69) is 9.97 Å². The molecule has 1 amide bonds. The van der Waals surface area contributed by atoms with Crippen LogP contribution in [0.2, 0.25) is 10.0 Å². The number of nitrogens with two attached hydrogens (primary N) is 1. The first-order valence-corrected chi connectivity index (χ1v) is 9.34.